The molecule has 1 aliphatic rings. The van der Waals surface area contributed by atoms with Gasteiger partial charge in [-0.05, 0) is 31.7 Å². The lowest BCUT2D eigenvalue weighted by atomic mass is 9.94. The van der Waals surface area contributed by atoms with E-state index >= 15 is 0 Å². The second-order valence-corrected chi connectivity index (χ2v) is 5.21. The van der Waals surface area contributed by atoms with E-state index in [4.69, 9.17) is 0 Å². The Kier molecular flexibility index (Phi) is 3.17. The average molecular weight is 274 g/mol. The van der Waals surface area contributed by atoms with Crippen molar-refractivity contribution in [2.75, 3.05) is 5.32 Å². The number of aryl methyl sites for hydroxylation is 3. The Labute approximate surface area is 116 Å². The molecule has 7 heteroatoms. The lowest BCUT2D eigenvalue weighted by Gasteiger charge is -2.22. The largest absolute Gasteiger partial charge is 0.335 e. The molecule has 2 heterocycles. The van der Waals surface area contributed by atoms with Crippen molar-refractivity contribution in [2.24, 2.45) is 7.05 Å². The fourth-order valence-electron chi connectivity index (χ4n) is 2.50. The summed E-state index contributed by atoms with van der Waals surface area (Å²) in [5, 5.41) is 17.0. The molecular formula is C13H18N6O. The molecule has 20 heavy (non-hydrogen) atoms. The van der Waals surface area contributed by atoms with E-state index in [2.05, 4.69) is 25.9 Å². The maximum absolute atomic E-state index is 12.0. The molecule has 0 radical (unpaired) electrons. The molecule has 0 aromatic carbocycles. The Morgan fingerprint density at radius 3 is 3.15 bits per heavy atom. The van der Waals surface area contributed by atoms with E-state index in [9.17, 15) is 4.79 Å². The van der Waals surface area contributed by atoms with Crippen molar-refractivity contribution in [1.29, 1.82) is 0 Å². The van der Waals surface area contributed by atoms with E-state index in [1.807, 2.05) is 26.2 Å². The van der Waals surface area contributed by atoms with Crippen molar-refractivity contribution in [1.82, 2.24) is 25.3 Å². The van der Waals surface area contributed by atoms with Gasteiger partial charge in [-0.1, -0.05) is 0 Å². The third-order valence-electron chi connectivity index (χ3n) is 3.71. The molecule has 1 atom stereocenters. The number of rotatable bonds is 2. The smallest absolute Gasteiger partial charge is 0.320 e. The number of aromatic amines is 1. The Hall–Kier alpha value is -2.31. The molecule has 0 fully saturated rings. The summed E-state index contributed by atoms with van der Waals surface area (Å²) in [6, 6.07) is 1.78. The predicted molar refractivity (Wildman–Crippen MR) is 74.5 cm³/mol. The first-order chi connectivity index (χ1) is 9.61. The Morgan fingerprint density at radius 2 is 2.40 bits per heavy atom. The standard InChI is InChI=1S/C13H18N6O/c1-8-5-12(18-19(8)2)16-13(20)15-10-3-4-11-9(6-10)7-14-17-11/h5,7,10H,3-4,6H2,1-2H3,(H,14,17)(H2,15,16,18,20)/t10-/m0/s1. The molecule has 0 bridgehead atoms. The fourth-order valence-corrected chi connectivity index (χ4v) is 2.50. The lowest BCUT2D eigenvalue weighted by molar-refractivity contribution is 0.247. The molecule has 1 aliphatic carbocycles. The molecule has 0 unspecified atom stereocenters. The van der Waals surface area contributed by atoms with Crippen LogP contribution in [0.5, 0.6) is 0 Å². The molecule has 2 amide bonds. The van der Waals surface area contributed by atoms with Gasteiger partial charge >= 0.3 is 6.03 Å². The zero-order chi connectivity index (χ0) is 14.1. The molecule has 2 aromatic heterocycles. The minimum Gasteiger partial charge on any atom is -0.335 e. The van der Waals surface area contributed by atoms with Crippen molar-refractivity contribution in [2.45, 2.75) is 32.2 Å². The van der Waals surface area contributed by atoms with E-state index in [0.717, 1.165) is 25.0 Å². The third kappa shape index (κ3) is 2.52. The van der Waals surface area contributed by atoms with E-state index in [0.29, 0.717) is 5.82 Å². The minimum atomic E-state index is -0.208. The van der Waals surface area contributed by atoms with Gasteiger partial charge in [0, 0.05) is 30.5 Å². The van der Waals surface area contributed by atoms with Crippen molar-refractivity contribution < 1.29 is 4.79 Å². The zero-order valence-corrected chi connectivity index (χ0v) is 11.6. The molecule has 0 saturated heterocycles. The third-order valence-corrected chi connectivity index (χ3v) is 3.71. The van der Waals surface area contributed by atoms with Crippen LogP contribution in [0, 0.1) is 6.92 Å². The van der Waals surface area contributed by atoms with Gasteiger partial charge in [0.2, 0.25) is 0 Å². The van der Waals surface area contributed by atoms with Crippen molar-refractivity contribution in [3.63, 3.8) is 0 Å². The van der Waals surface area contributed by atoms with E-state index in [1.54, 1.807) is 4.68 Å². The maximum atomic E-state index is 12.0. The molecule has 0 spiro atoms. The van der Waals surface area contributed by atoms with Gasteiger partial charge in [0.1, 0.15) is 0 Å². The van der Waals surface area contributed by atoms with E-state index < -0.39 is 0 Å². The van der Waals surface area contributed by atoms with Crippen LogP contribution in [0.1, 0.15) is 23.4 Å². The topological polar surface area (TPSA) is 87.6 Å². The molecule has 106 valence electrons. The summed E-state index contributed by atoms with van der Waals surface area (Å²) in [5.74, 6) is 0.572. The first-order valence-corrected chi connectivity index (χ1v) is 6.71. The van der Waals surface area contributed by atoms with E-state index in [1.165, 1.54) is 11.3 Å². The summed E-state index contributed by atoms with van der Waals surface area (Å²) in [6.45, 7) is 1.94. The molecule has 3 rings (SSSR count). The number of urea groups is 1. The minimum absolute atomic E-state index is 0.143. The molecular weight excluding hydrogens is 256 g/mol. The number of hydrogen-bond donors (Lipinski definition) is 3. The van der Waals surface area contributed by atoms with E-state index in [-0.39, 0.29) is 12.1 Å². The number of H-pyrrole nitrogens is 1. The highest BCUT2D eigenvalue weighted by Crippen LogP contribution is 2.18. The second kappa shape index (κ2) is 4.99. The number of anilines is 1. The summed E-state index contributed by atoms with van der Waals surface area (Å²) in [4.78, 5) is 12.0. The van der Waals surface area contributed by atoms with Gasteiger partial charge in [0.25, 0.3) is 0 Å². The molecule has 7 nitrogen and oxygen atoms in total. The van der Waals surface area contributed by atoms with Crippen LogP contribution < -0.4 is 10.6 Å². The van der Waals surface area contributed by atoms with Crippen LogP contribution in [0.4, 0.5) is 10.6 Å². The summed E-state index contributed by atoms with van der Waals surface area (Å²) < 4.78 is 1.73. The van der Waals surface area contributed by atoms with Crippen molar-refractivity contribution in [3.8, 4) is 0 Å². The number of nitrogens with zero attached hydrogens (tertiary/aromatic N) is 3. The van der Waals surface area contributed by atoms with Gasteiger partial charge in [-0.25, -0.2) is 4.79 Å². The normalized spacial score (nSPS) is 17.6. The van der Waals surface area contributed by atoms with Gasteiger partial charge in [-0.15, -0.1) is 0 Å². The summed E-state index contributed by atoms with van der Waals surface area (Å²) in [7, 11) is 1.85. The Balaban J connectivity index is 1.57. The number of amides is 2. The van der Waals surface area contributed by atoms with Crippen LogP contribution in [0.2, 0.25) is 0 Å². The quantitative estimate of drug-likeness (QED) is 0.767. The second-order valence-electron chi connectivity index (χ2n) is 5.21. The predicted octanol–water partition coefficient (Wildman–Crippen LogP) is 1.13. The Bertz CT molecular complexity index is 609. The molecule has 0 aliphatic heterocycles. The van der Waals surface area contributed by atoms with Gasteiger partial charge < -0.3 is 5.32 Å². The molecule has 3 N–H and O–H groups in total. The van der Waals surface area contributed by atoms with Gasteiger partial charge in [-0.3, -0.25) is 15.1 Å². The summed E-state index contributed by atoms with van der Waals surface area (Å²) in [5.41, 5.74) is 3.38. The fraction of sp³-hybridized carbons (Fsp3) is 0.462. The SMILES string of the molecule is Cc1cc(NC(=O)N[C@H]2CCc3[nH]ncc3C2)nn1C. The zero-order valence-electron chi connectivity index (χ0n) is 11.6. The summed E-state index contributed by atoms with van der Waals surface area (Å²) in [6.07, 6.45) is 4.50. The number of hydrogen-bond acceptors (Lipinski definition) is 3. The van der Waals surface area contributed by atoms with Crippen molar-refractivity contribution in [3.05, 3.63) is 29.2 Å². The number of carbonyl (C=O) groups is 1. The highest BCUT2D eigenvalue weighted by atomic mass is 16.2. The van der Waals surface area contributed by atoms with Crippen molar-refractivity contribution >= 4 is 11.8 Å². The number of aromatic nitrogens is 4. The maximum Gasteiger partial charge on any atom is 0.320 e. The molecule has 0 saturated carbocycles. The highest BCUT2D eigenvalue weighted by molar-refractivity contribution is 5.88. The van der Waals surface area contributed by atoms with Crippen LogP contribution in [-0.4, -0.2) is 32.1 Å². The number of fused-ring (bicyclic) bond motifs is 1. The first-order valence-electron chi connectivity index (χ1n) is 6.71. The number of nitrogens with one attached hydrogen (secondary N) is 3. The van der Waals surface area contributed by atoms with Crippen LogP contribution in [0.25, 0.3) is 0 Å². The van der Waals surface area contributed by atoms with Crippen LogP contribution in [0.3, 0.4) is 0 Å². The monoisotopic (exact) mass is 274 g/mol. The average Bonchev–Trinajstić information content (AvgIpc) is 2.96. The Morgan fingerprint density at radius 1 is 1.55 bits per heavy atom. The van der Waals surface area contributed by atoms with Crippen LogP contribution in [0.15, 0.2) is 12.3 Å². The van der Waals surface area contributed by atoms with Gasteiger partial charge in [-0.2, -0.15) is 10.2 Å². The van der Waals surface area contributed by atoms with Gasteiger partial charge in [0.15, 0.2) is 5.82 Å². The first kappa shape index (κ1) is 12.7. The highest BCUT2D eigenvalue weighted by Gasteiger charge is 2.21. The van der Waals surface area contributed by atoms with Crippen LogP contribution >= 0.6 is 0 Å². The molecule has 2 aromatic rings. The summed E-state index contributed by atoms with van der Waals surface area (Å²) >= 11 is 0. The van der Waals surface area contributed by atoms with Gasteiger partial charge in [0.05, 0.1) is 6.20 Å². The van der Waals surface area contributed by atoms with Crippen LogP contribution in [-0.2, 0) is 19.9 Å². The number of carbonyl (C=O) groups excluding carboxylic acids is 1. The lowest BCUT2D eigenvalue weighted by Crippen LogP contribution is -2.41.